The number of nitrogens with one attached hydrogen (secondary N) is 1. The first kappa shape index (κ1) is 31.5. The van der Waals surface area contributed by atoms with E-state index in [4.69, 9.17) is 23.2 Å². The molecule has 10 heteroatoms. The second-order valence-electron chi connectivity index (χ2n) is 10.2. The van der Waals surface area contributed by atoms with Gasteiger partial charge in [0.1, 0.15) is 12.6 Å². The number of nitrogens with zero attached hydrogens (tertiary/aromatic N) is 2. The molecule has 0 radical (unpaired) electrons. The molecule has 0 aliphatic heterocycles. The number of carbonyl (C=O) groups is 2. The molecule has 0 unspecified atom stereocenters. The highest BCUT2D eigenvalue weighted by Gasteiger charge is 2.33. The van der Waals surface area contributed by atoms with Crippen LogP contribution in [0.25, 0.3) is 0 Å². The fourth-order valence-electron chi connectivity index (χ4n) is 4.26. The first-order valence-corrected chi connectivity index (χ1v) is 15.5. The maximum atomic E-state index is 14.1. The predicted molar refractivity (Wildman–Crippen MR) is 162 cm³/mol. The van der Waals surface area contributed by atoms with Crippen LogP contribution in [0, 0.1) is 12.8 Å². The maximum Gasteiger partial charge on any atom is 0.244 e. The van der Waals surface area contributed by atoms with E-state index in [1.54, 1.807) is 0 Å². The molecular weight excluding hydrogens is 569 g/mol. The summed E-state index contributed by atoms with van der Waals surface area (Å²) in [4.78, 5) is 29.2. The lowest BCUT2D eigenvalue weighted by Gasteiger charge is -2.34. The average molecular weight is 605 g/mol. The molecule has 0 bridgehead atoms. The molecule has 0 aliphatic rings. The number of carbonyl (C=O) groups excluding carboxylic acids is 2. The predicted octanol–water partition coefficient (Wildman–Crippen LogP) is 5.48. The van der Waals surface area contributed by atoms with Crippen molar-refractivity contribution in [1.29, 1.82) is 0 Å². The molecule has 1 atom stereocenters. The standard InChI is InChI=1S/C30H35Cl2N3O4S/c1-21(2)18-33-30(37)28(16-23-10-6-5-7-11-23)34(19-24-12-8-9-22(3)15-24)29(36)20-35(40(4,38)39)27-17-25(31)13-14-26(27)32/h5-15,17,21,28H,16,18-20H2,1-4H3,(H,33,37)/t28-/m1/s1. The van der Waals surface area contributed by atoms with E-state index in [1.807, 2.05) is 75.4 Å². The summed E-state index contributed by atoms with van der Waals surface area (Å²) in [6.07, 6.45) is 1.25. The summed E-state index contributed by atoms with van der Waals surface area (Å²) in [5.41, 5.74) is 2.77. The van der Waals surface area contributed by atoms with Crippen molar-refractivity contribution in [3.05, 3.63) is 99.5 Å². The van der Waals surface area contributed by atoms with E-state index < -0.39 is 28.5 Å². The Bertz CT molecular complexity index is 1430. The maximum absolute atomic E-state index is 14.1. The number of amides is 2. The van der Waals surface area contributed by atoms with Crippen molar-refractivity contribution in [2.45, 2.75) is 39.8 Å². The first-order valence-electron chi connectivity index (χ1n) is 12.9. The SMILES string of the molecule is Cc1cccc(CN(C(=O)CN(c2cc(Cl)ccc2Cl)S(C)(=O)=O)[C@H](Cc2ccccc2)C(=O)NCC(C)C)c1. The van der Waals surface area contributed by atoms with Crippen LogP contribution in [-0.4, -0.2) is 50.5 Å². The second kappa shape index (κ2) is 14.0. The molecule has 40 heavy (non-hydrogen) atoms. The number of sulfonamides is 1. The van der Waals surface area contributed by atoms with Gasteiger partial charge in [-0.3, -0.25) is 13.9 Å². The van der Waals surface area contributed by atoms with Crippen molar-refractivity contribution in [3.63, 3.8) is 0 Å². The largest absolute Gasteiger partial charge is 0.354 e. The molecule has 0 spiro atoms. The molecule has 0 aromatic heterocycles. The van der Waals surface area contributed by atoms with Gasteiger partial charge in [0.25, 0.3) is 0 Å². The normalized spacial score (nSPS) is 12.2. The number of anilines is 1. The Kier molecular flexibility index (Phi) is 11.0. The van der Waals surface area contributed by atoms with Crippen LogP contribution in [0.3, 0.4) is 0 Å². The van der Waals surface area contributed by atoms with Crippen LogP contribution in [0.1, 0.15) is 30.5 Å². The quantitative estimate of drug-likeness (QED) is 0.297. The highest BCUT2D eigenvalue weighted by atomic mass is 35.5. The number of hydrogen-bond donors (Lipinski definition) is 1. The van der Waals surface area contributed by atoms with Crippen LogP contribution in [-0.2, 0) is 32.6 Å². The third kappa shape index (κ3) is 8.98. The Labute approximate surface area is 247 Å². The highest BCUT2D eigenvalue weighted by Crippen LogP contribution is 2.31. The molecule has 1 N–H and O–H groups in total. The van der Waals surface area contributed by atoms with Gasteiger partial charge in [0.2, 0.25) is 21.8 Å². The monoisotopic (exact) mass is 603 g/mol. The minimum absolute atomic E-state index is 0.0874. The van der Waals surface area contributed by atoms with Gasteiger partial charge in [-0.05, 0) is 42.2 Å². The molecule has 3 aromatic carbocycles. The first-order chi connectivity index (χ1) is 18.8. The molecule has 0 aliphatic carbocycles. The number of halogens is 2. The minimum Gasteiger partial charge on any atom is -0.354 e. The summed E-state index contributed by atoms with van der Waals surface area (Å²) >= 11 is 12.5. The van der Waals surface area contributed by atoms with Gasteiger partial charge in [-0.2, -0.15) is 0 Å². The molecular formula is C30H35Cl2N3O4S. The van der Waals surface area contributed by atoms with Gasteiger partial charge >= 0.3 is 0 Å². The molecule has 0 fully saturated rings. The molecule has 214 valence electrons. The summed E-state index contributed by atoms with van der Waals surface area (Å²) in [6.45, 7) is 5.90. The van der Waals surface area contributed by atoms with Crippen LogP contribution in [0.5, 0.6) is 0 Å². The zero-order chi connectivity index (χ0) is 29.4. The Balaban J connectivity index is 2.07. The third-order valence-electron chi connectivity index (χ3n) is 6.25. The average Bonchev–Trinajstić information content (AvgIpc) is 2.89. The molecule has 0 saturated carbocycles. The van der Waals surface area contributed by atoms with Crippen molar-refractivity contribution >= 4 is 50.7 Å². The van der Waals surface area contributed by atoms with Gasteiger partial charge < -0.3 is 10.2 Å². The lowest BCUT2D eigenvalue weighted by molar-refractivity contribution is -0.140. The Morgan fingerprint density at radius 1 is 0.925 bits per heavy atom. The van der Waals surface area contributed by atoms with E-state index in [2.05, 4.69) is 5.32 Å². The topological polar surface area (TPSA) is 86.8 Å². The molecule has 7 nitrogen and oxygen atoms in total. The highest BCUT2D eigenvalue weighted by molar-refractivity contribution is 7.92. The van der Waals surface area contributed by atoms with E-state index in [1.165, 1.54) is 23.1 Å². The summed E-state index contributed by atoms with van der Waals surface area (Å²) in [5.74, 6) is -0.665. The minimum atomic E-state index is -3.95. The van der Waals surface area contributed by atoms with Gasteiger partial charge in [0.05, 0.1) is 17.0 Å². The Morgan fingerprint density at radius 3 is 2.23 bits per heavy atom. The molecule has 3 aromatic rings. The van der Waals surface area contributed by atoms with E-state index in [9.17, 15) is 18.0 Å². The smallest absolute Gasteiger partial charge is 0.244 e. The Hall–Kier alpha value is -3.07. The summed E-state index contributed by atoms with van der Waals surface area (Å²) in [5, 5.41) is 3.36. The second-order valence-corrected chi connectivity index (χ2v) is 13.0. The number of aryl methyl sites for hydroxylation is 1. The summed E-state index contributed by atoms with van der Waals surface area (Å²) < 4.78 is 26.7. The number of rotatable bonds is 12. The molecule has 0 saturated heterocycles. The fourth-order valence-corrected chi connectivity index (χ4v) is 5.54. The van der Waals surface area contributed by atoms with Gasteiger partial charge in [-0.15, -0.1) is 0 Å². The van der Waals surface area contributed by atoms with E-state index in [0.717, 1.165) is 27.3 Å². The van der Waals surface area contributed by atoms with Crippen molar-refractivity contribution < 1.29 is 18.0 Å². The lowest BCUT2D eigenvalue weighted by atomic mass is 10.0. The van der Waals surface area contributed by atoms with Crippen LogP contribution >= 0.6 is 23.2 Å². The van der Waals surface area contributed by atoms with Crippen LogP contribution in [0.15, 0.2) is 72.8 Å². The summed E-state index contributed by atoms with van der Waals surface area (Å²) in [7, 11) is -3.95. The fraction of sp³-hybridized carbons (Fsp3) is 0.333. The van der Waals surface area contributed by atoms with Gasteiger partial charge in [-0.1, -0.05) is 97.2 Å². The number of benzene rings is 3. The van der Waals surface area contributed by atoms with Gasteiger partial charge in [0, 0.05) is 24.5 Å². The van der Waals surface area contributed by atoms with Crippen molar-refractivity contribution in [2.75, 3.05) is 23.7 Å². The van der Waals surface area contributed by atoms with Crippen LogP contribution in [0.4, 0.5) is 5.69 Å². The van der Waals surface area contributed by atoms with Gasteiger partial charge in [0.15, 0.2) is 0 Å². The zero-order valence-corrected chi connectivity index (χ0v) is 25.4. The zero-order valence-electron chi connectivity index (χ0n) is 23.1. The molecule has 0 heterocycles. The third-order valence-corrected chi connectivity index (χ3v) is 7.93. The van der Waals surface area contributed by atoms with Gasteiger partial charge in [-0.25, -0.2) is 8.42 Å². The lowest BCUT2D eigenvalue weighted by Crippen LogP contribution is -2.53. The van der Waals surface area contributed by atoms with Crippen LogP contribution < -0.4 is 9.62 Å². The van der Waals surface area contributed by atoms with Crippen molar-refractivity contribution in [3.8, 4) is 0 Å². The van der Waals surface area contributed by atoms with E-state index in [-0.39, 0.29) is 40.5 Å². The molecule has 2 amide bonds. The Morgan fingerprint density at radius 2 is 1.60 bits per heavy atom. The van der Waals surface area contributed by atoms with Crippen molar-refractivity contribution in [1.82, 2.24) is 10.2 Å². The summed E-state index contributed by atoms with van der Waals surface area (Å²) in [6, 6.07) is 20.6. The van der Waals surface area contributed by atoms with Crippen LogP contribution in [0.2, 0.25) is 10.0 Å². The number of hydrogen-bond acceptors (Lipinski definition) is 4. The van der Waals surface area contributed by atoms with E-state index in [0.29, 0.717) is 6.54 Å². The van der Waals surface area contributed by atoms with E-state index >= 15 is 0 Å². The van der Waals surface area contributed by atoms with Crippen molar-refractivity contribution in [2.24, 2.45) is 5.92 Å². The molecule has 3 rings (SSSR count).